The van der Waals surface area contributed by atoms with E-state index in [1.165, 1.54) is 0 Å². The van der Waals surface area contributed by atoms with Gasteiger partial charge in [0.15, 0.2) is 0 Å². The Bertz CT molecular complexity index is 151. The third-order valence-corrected chi connectivity index (χ3v) is 9.08. The van der Waals surface area contributed by atoms with Crippen molar-refractivity contribution in [2.24, 2.45) is 0 Å². The highest BCUT2D eigenvalue weighted by Crippen LogP contribution is 2.20. The van der Waals surface area contributed by atoms with E-state index in [4.69, 9.17) is 13.3 Å². The van der Waals surface area contributed by atoms with E-state index in [2.05, 4.69) is 6.55 Å². The van der Waals surface area contributed by atoms with E-state index >= 15 is 0 Å². The van der Waals surface area contributed by atoms with Gasteiger partial charge < -0.3 is 18.4 Å². The molecule has 92 valence electrons. The molecule has 6 heteroatoms. The van der Waals surface area contributed by atoms with Crippen LogP contribution in [-0.2, 0) is 13.3 Å². The molecule has 0 aromatic rings. The predicted octanol–water partition coefficient (Wildman–Crippen LogP) is 1.49. The summed E-state index contributed by atoms with van der Waals surface area (Å²) in [5, 5.41) is 9.21. The van der Waals surface area contributed by atoms with Gasteiger partial charge in [0.05, 0.1) is 6.23 Å². The fourth-order valence-electron chi connectivity index (χ4n) is 1.32. The first-order valence-electron chi connectivity index (χ1n) is 5.21. The highest BCUT2D eigenvalue weighted by molar-refractivity contribution is 6.72. The Kier molecular flexibility index (Phi) is 6.89. The van der Waals surface area contributed by atoms with Crippen LogP contribution in [-0.4, -0.2) is 49.5 Å². The first-order valence-corrected chi connectivity index (χ1v) is 10.6. The molecule has 0 radical (unpaired) electrons. The highest BCUT2D eigenvalue weighted by Gasteiger charge is 2.31. The van der Waals surface area contributed by atoms with Gasteiger partial charge in [0.1, 0.15) is 0 Å². The Hall–Kier alpha value is 0.274. The number of hydrogen-bond acceptors (Lipinski definition) is 4. The largest absolute Gasteiger partial charge is 0.418 e. The summed E-state index contributed by atoms with van der Waals surface area (Å²) in [5.74, 6) is 0. The van der Waals surface area contributed by atoms with Gasteiger partial charge in [-0.05, 0) is 25.2 Å². The molecule has 15 heavy (non-hydrogen) atoms. The van der Waals surface area contributed by atoms with Crippen molar-refractivity contribution in [1.29, 1.82) is 0 Å². The molecule has 0 aromatic heterocycles. The maximum atomic E-state index is 9.21. The van der Waals surface area contributed by atoms with Gasteiger partial charge in [0, 0.05) is 21.3 Å². The molecule has 0 amide bonds. The molecule has 0 saturated carbocycles. The average Bonchev–Trinajstić information content (AvgIpc) is 2.28. The van der Waals surface area contributed by atoms with Crippen molar-refractivity contribution in [2.45, 2.75) is 31.6 Å². The van der Waals surface area contributed by atoms with E-state index in [9.17, 15) is 5.11 Å². The van der Waals surface area contributed by atoms with Crippen molar-refractivity contribution in [1.82, 2.24) is 0 Å². The topological polar surface area (TPSA) is 47.9 Å². The molecular formula is C9H24O4Si2. The summed E-state index contributed by atoms with van der Waals surface area (Å²) in [6.45, 7) is 4.10. The summed E-state index contributed by atoms with van der Waals surface area (Å²) in [6.07, 6.45) is 1.18. The van der Waals surface area contributed by atoms with Gasteiger partial charge in [-0.1, -0.05) is 6.42 Å². The molecule has 0 fully saturated rings. The van der Waals surface area contributed by atoms with E-state index in [1.54, 1.807) is 21.3 Å². The molecular weight excluding hydrogens is 228 g/mol. The summed E-state index contributed by atoms with van der Waals surface area (Å²) in [6, 6.07) is 1.90. The summed E-state index contributed by atoms with van der Waals surface area (Å²) in [7, 11) is 1.30. The lowest BCUT2D eigenvalue weighted by Gasteiger charge is -2.26. The van der Waals surface area contributed by atoms with Gasteiger partial charge in [0.25, 0.3) is 0 Å². The monoisotopic (exact) mass is 252 g/mol. The van der Waals surface area contributed by atoms with Gasteiger partial charge in [-0.15, -0.1) is 0 Å². The lowest BCUT2D eigenvalue weighted by molar-refractivity contribution is 0.248. The maximum absolute atomic E-state index is 9.21. The fourth-order valence-corrected chi connectivity index (χ4v) is 4.48. The molecule has 1 atom stereocenters. The van der Waals surface area contributed by atoms with Crippen LogP contribution in [0.4, 0.5) is 0 Å². The third-order valence-electron chi connectivity index (χ3n) is 3.03. The van der Waals surface area contributed by atoms with Crippen LogP contribution in [0.2, 0.25) is 25.2 Å². The van der Waals surface area contributed by atoms with Gasteiger partial charge >= 0.3 is 8.56 Å². The van der Waals surface area contributed by atoms with Crippen molar-refractivity contribution in [3.05, 3.63) is 0 Å². The molecule has 0 aliphatic rings. The van der Waals surface area contributed by atoms with Crippen LogP contribution >= 0.6 is 0 Å². The Labute approximate surface area is 94.9 Å². The molecule has 0 rings (SSSR count). The fraction of sp³-hybridized carbons (Fsp3) is 1.00. The van der Waals surface area contributed by atoms with Crippen molar-refractivity contribution >= 4 is 16.9 Å². The quantitative estimate of drug-likeness (QED) is 0.665. The normalized spacial score (nSPS) is 16.4. The molecule has 0 aliphatic carbocycles. The van der Waals surface area contributed by atoms with E-state index in [1.807, 2.05) is 6.55 Å². The molecule has 0 spiro atoms. The van der Waals surface area contributed by atoms with Crippen LogP contribution in [0.1, 0.15) is 6.42 Å². The minimum absolute atomic E-state index is 0.182. The molecule has 1 unspecified atom stereocenters. The lowest BCUT2D eigenvalue weighted by Crippen LogP contribution is -2.40. The Morgan fingerprint density at radius 1 is 0.933 bits per heavy atom. The second kappa shape index (κ2) is 6.77. The number of rotatable bonds is 8. The molecule has 4 nitrogen and oxygen atoms in total. The summed E-state index contributed by atoms with van der Waals surface area (Å²) >= 11 is 0. The van der Waals surface area contributed by atoms with E-state index < -0.39 is 16.9 Å². The highest BCUT2D eigenvalue weighted by atomic mass is 28.4. The van der Waals surface area contributed by atoms with Gasteiger partial charge in [0.2, 0.25) is 8.32 Å². The van der Waals surface area contributed by atoms with Crippen LogP contribution in [0.5, 0.6) is 0 Å². The SMILES string of the molecule is CO[Si](C)(CO)CCC[Si](C)(OC)OC. The zero-order chi connectivity index (χ0) is 11.9. The minimum Gasteiger partial charge on any atom is -0.418 e. The number of hydrogen-bond donors (Lipinski definition) is 1. The molecule has 0 saturated heterocycles. The van der Waals surface area contributed by atoms with Crippen molar-refractivity contribution in [3.8, 4) is 0 Å². The third kappa shape index (κ3) is 5.23. The van der Waals surface area contributed by atoms with E-state index in [-0.39, 0.29) is 6.23 Å². The molecule has 0 aliphatic heterocycles. The van der Waals surface area contributed by atoms with Crippen molar-refractivity contribution < 1.29 is 18.4 Å². The summed E-state index contributed by atoms with van der Waals surface area (Å²) in [4.78, 5) is 0. The first-order chi connectivity index (χ1) is 6.95. The smallest absolute Gasteiger partial charge is 0.334 e. The number of aliphatic hydroxyl groups is 1. The van der Waals surface area contributed by atoms with Crippen LogP contribution < -0.4 is 0 Å². The lowest BCUT2D eigenvalue weighted by atomic mass is 10.6. The zero-order valence-corrected chi connectivity index (χ0v) is 12.5. The van der Waals surface area contributed by atoms with Crippen LogP contribution in [0.25, 0.3) is 0 Å². The van der Waals surface area contributed by atoms with Gasteiger partial charge in [-0.25, -0.2) is 0 Å². The van der Waals surface area contributed by atoms with Gasteiger partial charge in [-0.3, -0.25) is 0 Å². The molecule has 0 aromatic carbocycles. The van der Waals surface area contributed by atoms with Crippen molar-refractivity contribution in [2.75, 3.05) is 27.6 Å². The number of aliphatic hydroxyl groups excluding tert-OH is 1. The minimum atomic E-state index is -1.94. The average molecular weight is 252 g/mol. The van der Waals surface area contributed by atoms with Crippen LogP contribution in [0.3, 0.4) is 0 Å². The molecule has 0 heterocycles. The summed E-state index contributed by atoms with van der Waals surface area (Å²) in [5.41, 5.74) is 0. The second-order valence-electron chi connectivity index (χ2n) is 4.21. The molecule has 0 bridgehead atoms. The second-order valence-corrected chi connectivity index (χ2v) is 11.9. The Morgan fingerprint density at radius 3 is 1.80 bits per heavy atom. The Morgan fingerprint density at radius 2 is 1.47 bits per heavy atom. The van der Waals surface area contributed by atoms with Crippen molar-refractivity contribution in [3.63, 3.8) is 0 Å². The molecule has 1 N–H and O–H groups in total. The maximum Gasteiger partial charge on any atom is 0.334 e. The van der Waals surface area contributed by atoms with Crippen LogP contribution in [0, 0.1) is 0 Å². The van der Waals surface area contributed by atoms with E-state index in [0.29, 0.717) is 0 Å². The first kappa shape index (κ1) is 15.3. The predicted molar refractivity (Wildman–Crippen MR) is 65.6 cm³/mol. The zero-order valence-electron chi connectivity index (χ0n) is 10.5. The van der Waals surface area contributed by atoms with Crippen LogP contribution in [0.15, 0.2) is 0 Å². The van der Waals surface area contributed by atoms with E-state index in [0.717, 1.165) is 18.5 Å². The Balaban J connectivity index is 3.96. The standard InChI is InChI=1S/C9H24O4Si2/c1-11-14(4,9-10)7-6-8-15(5,12-2)13-3/h10H,6-9H2,1-5H3. The van der Waals surface area contributed by atoms with Gasteiger partial charge in [-0.2, -0.15) is 0 Å². The summed E-state index contributed by atoms with van der Waals surface area (Å²) < 4.78 is 16.2.